The van der Waals surface area contributed by atoms with E-state index in [9.17, 15) is 9.59 Å². The van der Waals surface area contributed by atoms with Gasteiger partial charge in [-0.25, -0.2) is 9.86 Å². The normalized spacial score (nSPS) is 17.1. The van der Waals surface area contributed by atoms with E-state index in [2.05, 4.69) is 5.32 Å². The first-order valence-corrected chi connectivity index (χ1v) is 7.04. The van der Waals surface area contributed by atoms with Crippen LogP contribution in [0, 0.1) is 5.92 Å². The molecule has 0 aromatic carbocycles. The molecule has 0 saturated heterocycles. The van der Waals surface area contributed by atoms with Crippen LogP contribution in [-0.2, 0) is 14.4 Å². The lowest BCUT2D eigenvalue weighted by molar-refractivity contribution is -0.171. The van der Waals surface area contributed by atoms with E-state index in [1.165, 1.54) is 20.6 Å². The highest BCUT2D eigenvalue weighted by Gasteiger charge is 2.31. The fourth-order valence-corrected chi connectivity index (χ4v) is 2.04. The van der Waals surface area contributed by atoms with Crippen molar-refractivity contribution in [2.75, 3.05) is 14.2 Å². The van der Waals surface area contributed by atoms with E-state index < -0.39 is 17.7 Å². The minimum atomic E-state index is -0.597. The second-order valence-corrected chi connectivity index (χ2v) is 6.25. The number of carbonyl (C=O) groups excluding carboxylic acids is 2. The summed E-state index contributed by atoms with van der Waals surface area (Å²) in [6, 6.07) is -0.597. The molecule has 1 aliphatic rings. The van der Waals surface area contributed by atoms with Crippen LogP contribution in [0.15, 0.2) is 0 Å². The third-order valence-corrected chi connectivity index (χ3v) is 3.37. The molecular formula is C14H26N2O4. The van der Waals surface area contributed by atoms with Crippen molar-refractivity contribution in [2.45, 2.75) is 58.1 Å². The van der Waals surface area contributed by atoms with Crippen LogP contribution < -0.4 is 5.32 Å². The number of nitrogens with one attached hydrogen (secondary N) is 1. The molecule has 2 amide bonds. The zero-order valence-corrected chi connectivity index (χ0v) is 13.1. The monoisotopic (exact) mass is 286 g/mol. The van der Waals surface area contributed by atoms with Gasteiger partial charge in [-0.05, 0) is 33.1 Å². The van der Waals surface area contributed by atoms with Gasteiger partial charge in [0.25, 0.3) is 5.91 Å². The van der Waals surface area contributed by atoms with Crippen LogP contribution >= 0.6 is 0 Å². The Morgan fingerprint density at radius 3 is 2.35 bits per heavy atom. The Balaban J connectivity index is 2.61. The van der Waals surface area contributed by atoms with Gasteiger partial charge < -0.3 is 10.1 Å². The van der Waals surface area contributed by atoms with E-state index in [1.807, 2.05) is 0 Å². The molecule has 0 spiro atoms. The maximum atomic E-state index is 12.2. The third kappa shape index (κ3) is 5.36. The largest absolute Gasteiger partial charge is 0.444 e. The number of hydrogen-bond acceptors (Lipinski definition) is 4. The first-order valence-electron chi connectivity index (χ1n) is 7.04. The van der Waals surface area contributed by atoms with Gasteiger partial charge >= 0.3 is 6.09 Å². The van der Waals surface area contributed by atoms with Crippen LogP contribution in [0.4, 0.5) is 4.79 Å². The Kier molecular flexibility index (Phi) is 5.80. The van der Waals surface area contributed by atoms with E-state index in [1.54, 1.807) is 20.8 Å². The van der Waals surface area contributed by atoms with Crippen molar-refractivity contribution in [1.82, 2.24) is 10.4 Å². The molecule has 1 rings (SSSR count). The maximum Gasteiger partial charge on any atom is 0.408 e. The highest BCUT2D eigenvalue weighted by molar-refractivity contribution is 5.84. The highest BCUT2D eigenvalue weighted by atomic mass is 16.7. The molecule has 6 nitrogen and oxygen atoms in total. The number of hydrogen-bond donors (Lipinski definition) is 1. The summed E-state index contributed by atoms with van der Waals surface area (Å²) in [7, 11) is 2.96. The standard InChI is InChI=1S/C14H26N2O4/c1-14(2,3)20-13(18)15-11(9-10-7-6-8-10)12(17)16(4)19-5/h10-11H,6-9H2,1-5H3,(H,15,18). The van der Waals surface area contributed by atoms with Crippen LogP contribution in [0.1, 0.15) is 46.5 Å². The number of amides is 2. The molecule has 1 unspecified atom stereocenters. The third-order valence-electron chi connectivity index (χ3n) is 3.37. The molecule has 0 bridgehead atoms. The summed E-state index contributed by atoms with van der Waals surface area (Å²) in [6.07, 6.45) is 3.47. The fourth-order valence-electron chi connectivity index (χ4n) is 2.04. The topological polar surface area (TPSA) is 67.9 Å². The predicted octanol–water partition coefficient (Wildman–Crippen LogP) is 2.09. The van der Waals surface area contributed by atoms with Gasteiger partial charge in [-0.15, -0.1) is 0 Å². The first kappa shape index (κ1) is 16.8. The number of carbonyl (C=O) groups is 2. The van der Waals surface area contributed by atoms with Crippen molar-refractivity contribution < 1.29 is 19.2 Å². The molecule has 1 N–H and O–H groups in total. The second-order valence-electron chi connectivity index (χ2n) is 6.25. The van der Waals surface area contributed by atoms with Crippen molar-refractivity contribution in [3.63, 3.8) is 0 Å². The molecule has 0 heterocycles. The maximum absolute atomic E-state index is 12.2. The van der Waals surface area contributed by atoms with Crippen LogP contribution in [0.3, 0.4) is 0 Å². The molecule has 0 aliphatic heterocycles. The molecule has 0 aromatic rings. The van der Waals surface area contributed by atoms with E-state index in [4.69, 9.17) is 9.57 Å². The van der Waals surface area contributed by atoms with Gasteiger partial charge in [-0.3, -0.25) is 9.63 Å². The number of hydroxylamine groups is 2. The Bertz CT molecular complexity index is 348. The quantitative estimate of drug-likeness (QED) is 0.786. The Labute approximate surface area is 120 Å². The average Bonchev–Trinajstić information content (AvgIpc) is 2.27. The number of nitrogens with zero attached hydrogens (tertiary/aromatic N) is 1. The summed E-state index contributed by atoms with van der Waals surface area (Å²) in [6.45, 7) is 5.36. The minimum Gasteiger partial charge on any atom is -0.444 e. The summed E-state index contributed by atoms with van der Waals surface area (Å²) in [5.41, 5.74) is -0.582. The van der Waals surface area contributed by atoms with Crippen molar-refractivity contribution in [1.29, 1.82) is 0 Å². The summed E-state index contributed by atoms with van der Waals surface area (Å²) < 4.78 is 5.20. The second kappa shape index (κ2) is 6.92. The molecular weight excluding hydrogens is 260 g/mol. The van der Waals surface area contributed by atoms with Crippen LogP contribution in [0.5, 0.6) is 0 Å². The highest BCUT2D eigenvalue weighted by Crippen LogP contribution is 2.30. The molecule has 0 radical (unpaired) electrons. The van der Waals surface area contributed by atoms with Crippen LogP contribution in [0.25, 0.3) is 0 Å². The van der Waals surface area contributed by atoms with Gasteiger partial charge in [-0.2, -0.15) is 0 Å². The van der Waals surface area contributed by atoms with Crippen molar-refractivity contribution in [3.8, 4) is 0 Å². The van der Waals surface area contributed by atoms with Gasteiger partial charge in [-0.1, -0.05) is 19.3 Å². The van der Waals surface area contributed by atoms with Crippen molar-refractivity contribution >= 4 is 12.0 Å². The number of likely N-dealkylation sites (N-methyl/N-ethyl adjacent to an activating group) is 1. The lowest BCUT2D eigenvalue weighted by atomic mass is 9.80. The van der Waals surface area contributed by atoms with E-state index in [0.29, 0.717) is 12.3 Å². The lowest BCUT2D eigenvalue weighted by Gasteiger charge is -2.31. The van der Waals surface area contributed by atoms with Gasteiger partial charge in [0.1, 0.15) is 11.6 Å². The summed E-state index contributed by atoms with van der Waals surface area (Å²) in [4.78, 5) is 28.9. The van der Waals surface area contributed by atoms with Crippen molar-refractivity contribution in [2.24, 2.45) is 5.92 Å². The zero-order chi connectivity index (χ0) is 15.3. The summed E-state index contributed by atoms with van der Waals surface area (Å²) in [5, 5.41) is 3.79. The SMILES string of the molecule is CON(C)C(=O)C(CC1CCC1)NC(=O)OC(C)(C)C. The predicted molar refractivity (Wildman–Crippen MR) is 74.9 cm³/mol. The minimum absolute atomic E-state index is 0.259. The zero-order valence-electron chi connectivity index (χ0n) is 13.1. The van der Waals surface area contributed by atoms with E-state index in [0.717, 1.165) is 17.9 Å². The smallest absolute Gasteiger partial charge is 0.408 e. The van der Waals surface area contributed by atoms with Gasteiger partial charge in [0.05, 0.1) is 7.11 Å². The molecule has 116 valence electrons. The molecule has 20 heavy (non-hydrogen) atoms. The van der Waals surface area contributed by atoms with Gasteiger partial charge in [0.15, 0.2) is 0 Å². The Morgan fingerprint density at radius 1 is 1.35 bits per heavy atom. The molecule has 6 heteroatoms. The summed E-state index contributed by atoms with van der Waals surface area (Å²) >= 11 is 0. The number of rotatable bonds is 5. The molecule has 1 saturated carbocycles. The van der Waals surface area contributed by atoms with Crippen LogP contribution in [0.2, 0.25) is 0 Å². The average molecular weight is 286 g/mol. The van der Waals surface area contributed by atoms with Crippen LogP contribution in [-0.4, -0.2) is 42.9 Å². The lowest BCUT2D eigenvalue weighted by Crippen LogP contribution is -2.49. The fraction of sp³-hybridized carbons (Fsp3) is 0.857. The number of ether oxygens (including phenoxy) is 1. The van der Waals surface area contributed by atoms with Gasteiger partial charge in [0, 0.05) is 7.05 Å². The Hall–Kier alpha value is -1.30. The van der Waals surface area contributed by atoms with Gasteiger partial charge in [0.2, 0.25) is 0 Å². The Morgan fingerprint density at radius 2 is 1.95 bits per heavy atom. The van der Waals surface area contributed by atoms with Crippen molar-refractivity contribution in [3.05, 3.63) is 0 Å². The van der Waals surface area contributed by atoms with E-state index >= 15 is 0 Å². The van der Waals surface area contributed by atoms with E-state index in [-0.39, 0.29) is 5.91 Å². The molecule has 1 atom stereocenters. The molecule has 0 aromatic heterocycles. The number of alkyl carbamates (subject to hydrolysis) is 1. The summed E-state index contributed by atoms with van der Waals surface area (Å²) in [5.74, 6) is 0.231. The first-order chi connectivity index (χ1) is 9.23. The molecule has 1 aliphatic carbocycles. The molecule has 1 fully saturated rings.